The Balaban J connectivity index is 1.66. The lowest BCUT2D eigenvalue weighted by atomic mass is 9.85. The fourth-order valence-electron chi connectivity index (χ4n) is 3.73. The fraction of sp³-hybridized carbons (Fsp3) is 0.360. The molecule has 1 saturated heterocycles. The van der Waals surface area contributed by atoms with Gasteiger partial charge in [0.05, 0.1) is 36.3 Å². The molecule has 0 spiro atoms. The van der Waals surface area contributed by atoms with Crippen LogP contribution in [-0.4, -0.2) is 52.0 Å². The first-order valence-corrected chi connectivity index (χ1v) is 11.8. The molecule has 1 aliphatic heterocycles. The summed E-state index contributed by atoms with van der Waals surface area (Å²) in [5.41, 5.74) is 0.603. The number of morpholine rings is 1. The summed E-state index contributed by atoms with van der Waals surface area (Å²) in [6.07, 6.45) is 1.46. The van der Waals surface area contributed by atoms with Crippen LogP contribution in [-0.2, 0) is 10.2 Å². The van der Waals surface area contributed by atoms with E-state index in [9.17, 15) is 10.1 Å². The number of ether oxygens (including phenoxy) is 1. The molecule has 0 bridgehead atoms. The highest BCUT2D eigenvalue weighted by atomic mass is 35.5. The first-order valence-electron chi connectivity index (χ1n) is 11.4. The van der Waals surface area contributed by atoms with Crippen molar-refractivity contribution in [2.45, 2.75) is 32.2 Å². The second kappa shape index (κ2) is 10.3. The van der Waals surface area contributed by atoms with Crippen LogP contribution in [0.4, 0.5) is 5.95 Å². The van der Waals surface area contributed by atoms with Crippen molar-refractivity contribution in [3.8, 4) is 18.0 Å². The van der Waals surface area contributed by atoms with Crippen LogP contribution in [0, 0.1) is 22.7 Å². The second-order valence-corrected chi connectivity index (χ2v) is 9.40. The third-order valence-electron chi connectivity index (χ3n) is 5.90. The van der Waals surface area contributed by atoms with E-state index in [1.165, 1.54) is 6.20 Å². The summed E-state index contributed by atoms with van der Waals surface area (Å²) in [5.74, 6) is 1.08. The zero-order valence-corrected chi connectivity index (χ0v) is 21.0. The molecule has 2 aromatic heterocycles. The predicted octanol–water partition coefficient (Wildman–Crippen LogP) is 3.32. The minimum atomic E-state index is -0.806. The quantitative estimate of drug-likeness (QED) is 0.540. The summed E-state index contributed by atoms with van der Waals surface area (Å²) in [6.45, 7) is 7.76. The van der Waals surface area contributed by atoms with Gasteiger partial charge in [-0.2, -0.15) is 20.2 Å². The van der Waals surface area contributed by atoms with Crippen LogP contribution >= 0.6 is 11.6 Å². The highest BCUT2D eigenvalue weighted by Crippen LogP contribution is 2.27. The molecule has 1 aromatic carbocycles. The summed E-state index contributed by atoms with van der Waals surface area (Å²) < 4.78 is 7.00. The Morgan fingerprint density at radius 3 is 2.61 bits per heavy atom. The third kappa shape index (κ3) is 5.30. The number of anilines is 1. The van der Waals surface area contributed by atoms with Crippen molar-refractivity contribution < 1.29 is 9.53 Å². The van der Waals surface area contributed by atoms with Crippen LogP contribution < -0.4 is 10.2 Å². The zero-order valence-electron chi connectivity index (χ0n) is 20.2. The molecule has 1 atom stereocenters. The highest BCUT2D eigenvalue weighted by molar-refractivity contribution is 6.31. The first-order chi connectivity index (χ1) is 17.2. The number of benzene rings is 1. The number of carbonyl (C=O) groups is 1. The Labute approximate surface area is 214 Å². The molecular weight excluding hydrogens is 480 g/mol. The topological polar surface area (TPSA) is 133 Å². The van der Waals surface area contributed by atoms with Gasteiger partial charge in [-0.05, 0) is 56.7 Å². The van der Waals surface area contributed by atoms with Crippen molar-refractivity contribution >= 4 is 23.5 Å². The van der Waals surface area contributed by atoms with E-state index in [4.69, 9.17) is 26.6 Å². The molecule has 1 amide bonds. The molecular formula is C25H25ClN8O2. The number of rotatable bonds is 6. The molecule has 10 nitrogen and oxygen atoms in total. The SMILES string of the molecule is C[C@H](NC(=O)c1cc(Cl)cc(C(C)(C)C#N)c1)c1nc(N2CCOCC2)nn1-c1ccc(C#N)cn1. The maximum atomic E-state index is 13.2. The van der Waals surface area contributed by atoms with Crippen molar-refractivity contribution in [1.82, 2.24) is 25.1 Å². The second-order valence-electron chi connectivity index (χ2n) is 8.96. The Morgan fingerprint density at radius 1 is 1.22 bits per heavy atom. The summed E-state index contributed by atoms with van der Waals surface area (Å²) >= 11 is 6.27. The lowest BCUT2D eigenvalue weighted by molar-refractivity contribution is 0.0937. The van der Waals surface area contributed by atoms with E-state index in [2.05, 4.69) is 27.5 Å². The lowest BCUT2D eigenvalue weighted by Gasteiger charge is -2.25. The Hall–Kier alpha value is -3.99. The molecule has 184 valence electrons. The molecule has 0 aliphatic carbocycles. The molecule has 0 unspecified atom stereocenters. The van der Waals surface area contributed by atoms with Crippen LogP contribution in [0.15, 0.2) is 36.5 Å². The van der Waals surface area contributed by atoms with E-state index < -0.39 is 11.5 Å². The van der Waals surface area contributed by atoms with Crippen molar-refractivity contribution in [3.05, 3.63) is 64.1 Å². The van der Waals surface area contributed by atoms with Crippen molar-refractivity contribution in [3.63, 3.8) is 0 Å². The Bertz CT molecular complexity index is 1350. The number of hydrogen-bond donors (Lipinski definition) is 1. The predicted molar refractivity (Wildman–Crippen MR) is 133 cm³/mol. The average Bonchev–Trinajstić information content (AvgIpc) is 3.34. The van der Waals surface area contributed by atoms with Crippen LogP contribution in [0.2, 0.25) is 5.02 Å². The van der Waals surface area contributed by atoms with Crippen LogP contribution in [0.5, 0.6) is 0 Å². The standard InChI is InChI=1S/C25H25ClN8O2/c1-16(30-23(35)18-10-19(12-20(26)11-18)25(2,3)15-28)22-31-24(33-6-8-36-9-7-33)32-34(22)21-5-4-17(13-27)14-29-21/h4-5,10-12,14,16H,6-9H2,1-3H3,(H,30,35)/t16-/m0/s1. The first kappa shape index (κ1) is 25.1. The molecule has 0 saturated carbocycles. The number of pyridine rings is 1. The largest absolute Gasteiger partial charge is 0.378 e. The molecule has 36 heavy (non-hydrogen) atoms. The highest BCUT2D eigenvalue weighted by Gasteiger charge is 2.26. The van der Waals surface area contributed by atoms with Gasteiger partial charge in [0, 0.05) is 29.9 Å². The van der Waals surface area contributed by atoms with Gasteiger partial charge in [-0.25, -0.2) is 4.98 Å². The molecule has 1 fully saturated rings. The summed E-state index contributed by atoms with van der Waals surface area (Å²) in [4.78, 5) is 24.3. The number of hydrogen-bond acceptors (Lipinski definition) is 8. The van der Waals surface area contributed by atoms with Gasteiger partial charge in [-0.3, -0.25) is 4.79 Å². The van der Waals surface area contributed by atoms with Gasteiger partial charge in [-0.15, -0.1) is 5.10 Å². The Morgan fingerprint density at radius 2 is 1.97 bits per heavy atom. The van der Waals surface area contributed by atoms with Crippen LogP contribution in [0.3, 0.4) is 0 Å². The Kier molecular flexibility index (Phi) is 7.20. The fourth-order valence-corrected chi connectivity index (χ4v) is 3.96. The van der Waals surface area contributed by atoms with E-state index in [0.29, 0.717) is 65.6 Å². The van der Waals surface area contributed by atoms with E-state index in [-0.39, 0.29) is 5.91 Å². The average molecular weight is 505 g/mol. The number of halogens is 1. The normalized spacial score (nSPS) is 14.6. The number of aromatic nitrogens is 4. The van der Waals surface area contributed by atoms with Crippen LogP contribution in [0.25, 0.3) is 5.82 Å². The maximum Gasteiger partial charge on any atom is 0.251 e. The van der Waals surface area contributed by atoms with Gasteiger partial charge in [0.25, 0.3) is 5.91 Å². The number of nitrogens with one attached hydrogen (secondary N) is 1. The van der Waals surface area contributed by atoms with E-state index in [0.717, 1.165) is 0 Å². The smallest absolute Gasteiger partial charge is 0.251 e. The monoisotopic (exact) mass is 504 g/mol. The van der Waals surface area contributed by atoms with Gasteiger partial charge >= 0.3 is 0 Å². The zero-order chi connectivity index (χ0) is 25.9. The van der Waals surface area contributed by atoms with Gasteiger partial charge in [0.1, 0.15) is 6.07 Å². The van der Waals surface area contributed by atoms with Crippen molar-refractivity contribution in [2.24, 2.45) is 0 Å². The third-order valence-corrected chi connectivity index (χ3v) is 6.12. The molecule has 4 rings (SSSR count). The van der Waals surface area contributed by atoms with Crippen LogP contribution in [0.1, 0.15) is 54.1 Å². The molecule has 0 radical (unpaired) electrons. The summed E-state index contributed by atoms with van der Waals surface area (Å²) in [7, 11) is 0. The van der Waals surface area contributed by atoms with Gasteiger partial charge in [0.15, 0.2) is 11.6 Å². The lowest BCUT2D eigenvalue weighted by Crippen LogP contribution is -2.37. The van der Waals surface area contributed by atoms with Gasteiger partial charge in [0.2, 0.25) is 5.95 Å². The molecule has 1 N–H and O–H groups in total. The molecule has 3 aromatic rings. The summed E-state index contributed by atoms with van der Waals surface area (Å²) in [5, 5.41) is 26.6. The number of nitriles is 2. The number of carbonyl (C=O) groups excluding carboxylic acids is 1. The van der Waals surface area contributed by atoms with E-state index in [1.807, 2.05) is 4.90 Å². The molecule has 1 aliphatic rings. The van der Waals surface area contributed by atoms with Crippen molar-refractivity contribution in [2.75, 3.05) is 31.2 Å². The summed E-state index contributed by atoms with van der Waals surface area (Å²) in [6, 6.07) is 12.0. The van der Waals surface area contributed by atoms with Crippen molar-refractivity contribution in [1.29, 1.82) is 10.5 Å². The molecule has 3 heterocycles. The van der Waals surface area contributed by atoms with Gasteiger partial charge in [-0.1, -0.05) is 11.6 Å². The number of amides is 1. The minimum Gasteiger partial charge on any atom is -0.378 e. The molecule has 11 heteroatoms. The van der Waals surface area contributed by atoms with Gasteiger partial charge < -0.3 is 15.0 Å². The number of nitrogens with zero attached hydrogens (tertiary/aromatic N) is 7. The maximum absolute atomic E-state index is 13.2. The minimum absolute atomic E-state index is 0.337. The van der Waals surface area contributed by atoms with E-state index >= 15 is 0 Å². The van der Waals surface area contributed by atoms with E-state index in [1.54, 1.807) is 55.8 Å².